The van der Waals surface area contributed by atoms with Crippen molar-refractivity contribution in [2.75, 3.05) is 0 Å². The average Bonchev–Trinajstić information content (AvgIpc) is 3.77. The number of aromatic nitrogens is 4. The lowest BCUT2D eigenvalue weighted by molar-refractivity contribution is -0.748. The Morgan fingerprint density at radius 1 is 0.403 bits per heavy atom. The second-order valence-corrected chi connectivity index (χ2v) is 16.8. The van der Waals surface area contributed by atoms with Crippen LogP contribution in [0.15, 0.2) is 188 Å². The molecule has 0 bridgehead atoms. The predicted octanol–water partition coefficient (Wildman–Crippen LogP) is 14.1. The van der Waals surface area contributed by atoms with E-state index in [0.717, 1.165) is 16.9 Å². The Balaban J connectivity index is 1.27. The van der Waals surface area contributed by atoms with Crippen molar-refractivity contribution in [2.24, 2.45) is 21.1 Å². The molecule has 0 amide bonds. The molecule has 294 valence electrons. The van der Waals surface area contributed by atoms with Crippen molar-refractivity contribution in [3.63, 3.8) is 0 Å². The molecule has 10 aromatic carbocycles. The summed E-state index contributed by atoms with van der Waals surface area (Å²) < 4.78 is 6.56. The minimum atomic E-state index is 1.00. The molecule has 0 fully saturated rings. The van der Waals surface area contributed by atoms with Gasteiger partial charge in [-0.1, -0.05) is 146 Å². The molecule has 62 heavy (non-hydrogen) atoms. The predicted molar refractivity (Wildman–Crippen MR) is 260 cm³/mol. The van der Waals surface area contributed by atoms with Gasteiger partial charge in [0.2, 0.25) is 6.20 Å². The molecule has 0 atom stereocenters. The van der Waals surface area contributed by atoms with Crippen molar-refractivity contribution in [3.8, 4) is 55.6 Å². The molecule has 12 aromatic rings. The number of nitrogens with zero attached hydrogens (tertiary/aromatic N) is 4. The normalized spacial score (nSPS) is 11.9. The summed E-state index contributed by atoms with van der Waals surface area (Å²) in [7, 11) is 6.34. The van der Waals surface area contributed by atoms with E-state index in [1.807, 2.05) is 0 Å². The van der Waals surface area contributed by atoms with Crippen LogP contribution in [0.1, 0.15) is 5.82 Å². The minimum Gasteiger partial charge on any atom is -0.331 e. The maximum Gasteiger partial charge on any atom is 0.203 e. The number of aryl methyl sites for hydroxylation is 4. The molecule has 12 rings (SSSR count). The van der Waals surface area contributed by atoms with E-state index in [0.29, 0.717) is 0 Å². The molecule has 2 aromatic heterocycles. The molecule has 0 aliphatic carbocycles. The lowest BCUT2D eigenvalue weighted by Crippen LogP contribution is -2.35. The van der Waals surface area contributed by atoms with E-state index >= 15 is 0 Å². The highest BCUT2D eigenvalue weighted by atomic mass is 15.4. The van der Waals surface area contributed by atoms with Crippen LogP contribution in [-0.2, 0) is 21.1 Å². The monoisotopic (exact) mass is 795 g/mol. The van der Waals surface area contributed by atoms with E-state index in [2.05, 4.69) is 230 Å². The molecule has 2 heterocycles. The van der Waals surface area contributed by atoms with Crippen LogP contribution in [0.5, 0.6) is 0 Å². The number of imidazole rings is 1. The zero-order valence-electron chi connectivity index (χ0n) is 35.2. The van der Waals surface area contributed by atoms with Crippen LogP contribution in [0, 0.1) is 6.92 Å². The SMILES string of the molecule is Cc1nc2ccc(-c3cccc4c(-c5c6cccc(-c7ccccc7)c6cc6c(-c7ccccc7)cccc56)c5cccc(-c6ccc7c[n+](C)n(C)c7c6)c5cc34)cc2n1C. The van der Waals surface area contributed by atoms with Crippen molar-refractivity contribution >= 4 is 65.0 Å². The molecule has 4 heteroatoms. The first-order valence-electron chi connectivity index (χ1n) is 21.4. The van der Waals surface area contributed by atoms with Crippen molar-refractivity contribution in [1.82, 2.24) is 14.2 Å². The van der Waals surface area contributed by atoms with Crippen LogP contribution < -0.4 is 4.68 Å². The topological polar surface area (TPSA) is 26.6 Å². The summed E-state index contributed by atoms with van der Waals surface area (Å²) in [5.74, 6) is 1.00. The summed E-state index contributed by atoms with van der Waals surface area (Å²) in [6, 6.07) is 67.8. The molecule has 0 aliphatic heterocycles. The third-order valence-corrected chi connectivity index (χ3v) is 13.4. The van der Waals surface area contributed by atoms with Crippen LogP contribution in [0.3, 0.4) is 0 Å². The molecular weight excluding hydrogens is 753 g/mol. The molecule has 0 radical (unpaired) electrons. The Morgan fingerprint density at radius 3 is 1.32 bits per heavy atom. The molecular formula is C58H43N4+. The van der Waals surface area contributed by atoms with Gasteiger partial charge in [0.05, 0.1) is 23.5 Å². The van der Waals surface area contributed by atoms with E-state index in [1.54, 1.807) is 0 Å². The first kappa shape index (κ1) is 36.1. The number of benzene rings is 10. The minimum absolute atomic E-state index is 1.00. The largest absolute Gasteiger partial charge is 0.331 e. The van der Waals surface area contributed by atoms with Gasteiger partial charge in [-0.25, -0.2) is 4.98 Å². The van der Waals surface area contributed by atoms with Gasteiger partial charge in [0.1, 0.15) is 11.3 Å². The van der Waals surface area contributed by atoms with E-state index in [-0.39, 0.29) is 0 Å². The van der Waals surface area contributed by atoms with Crippen LogP contribution >= 0.6 is 0 Å². The van der Waals surface area contributed by atoms with Gasteiger partial charge in [-0.15, -0.1) is 4.68 Å². The van der Waals surface area contributed by atoms with Crippen molar-refractivity contribution in [1.29, 1.82) is 0 Å². The summed E-state index contributed by atoms with van der Waals surface area (Å²) in [5.41, 5.74) is 15.5. The van der Waals surface area contributed by atoms with E-state index in [4.69, 9.17) is 4.98 Å². The summed E-state index contributed by atoms with van der Waals surface area (Å²) in [6.07, 6.45) is 2.19. The van der Waals surface area contributed by atoms with Gasteiger partial charge >= 0.3 is 0 Å². The molecule has 0 saturated heterocycles. The maximum absolute atomic E-state index is 4.85. The van der Waals surface area contributed by atoms with Gasteiger partial charge in [-0.2, -0.15) is 4.68 Å². The second-order valence-electron chi connectivity index (χ2n) is 16.8. The van der Waals surface area contributed by atoms with Crippen molar-refractivity contribution < 1.29 is 4.68 Å². The lowest BCUT2D eigenvalue weighted by Gasteiger charge is -2.22. The molecule has 0 spiro atoms. The van der Waals surface area contributed by atoms with Crippen molar-refractivity contribution in [3.05, 3.63) is 194 Å². The molecule has 0 aliphatic rings. The third-order valence-electron chi connectivity index (χ3n) is 13.4. The van der Waals surface area contributed by atoms with Gasteiger partial charge in [0, 0.05) is 7.05 Å². The fraction of sp³-hybridized carbons (Fsp3) is 0.0690. The Bertz CT molecular complexity index is 3540. The molecule has 0 N–H and O–H groups in total. The van der Waals surface area contributed by atoms with Gasteiger partial charge < -0.3 is 4.57 Å². The number of fused-ring (bicyclic) bond motifs is 6. The maximum atomic E-state index is 4.85. The molecule has 4 nitrogen and oxygen atoms in total. The fourth-order valence-corrected chi connectivity index (χ4v) is 10.2. The Morgan fingerprint density at radius 2 is 0.839 bits per heavy atom. The van der Waals surface area contributed by atoms with Gasteiger partial charge in [-0.3, -0.25) is 0 Å². The number of hydrogen-bond acceptors (Lipinski definition) is 1. The first-order chi connectivity index (χ1) is 30.4. The summed E-state index contributed by atoms with van der Waals surface area (Å²) in [5, 5.41) is 11.1. The fourth-order valence-electron chi connectivity index (χ4n) is 10.2. The zero-order valence-corrected chi connectivity index (χ0v) is 35.2. The Hall–Kier alpha value is -7.82. The van der Waals surface area contributed by atoms with Crippen molar-refractivity contribution in [2.45, 2.75) is 6.92 Å². The quantitative estimate of drug-likeness (QED) is 0.126. The van der Waals surface area contributed by atoms with Gasteiger partial charge in [0.15, 0.2) is 7.05 Å². The highest BCUT2D eigenvalue weighted by molar-refractivity contribution is 6.28. The Kier molecular flexibility index (Phi) is 8.07. The van der Waals surface area contributed by atoms with Crippen LogP contribution in [-0.4, -0.2) is 14.2 Å². The summed E-state index contributed by atoms with van der Waals surface area (Å²) >= 11 is 0. The number of rotatable bonds is 5. The van der Waals surface area contributed by atoms with Gasteiger partial charge in [-0.05, 0) is 142 Å². The smallest absolute Gasteiger partial charge is 0.203 e. The lowest BCUT2D eigenvalue weighted by atomic mass is 9.81. The van der Waals surface area contributed by atoms with E-state index in [9.17, 15) is 0 Å². The average molecular weight is 796 g/mol. The van der Waals surface area contributed by atoms with E-state index < -0.39 is 0 Å². The van der Waals surface area contributed by atoms with Crippen LogP contribution in [0.25, 0.3) is 121 Å². The van der Waals surface area contributed by atoms with E-state index in [1.165, 1.54) is 110 Å². The zero-order chi connectivity index (χ0) is 41.6. The summed E-state index contributed by atoms with van der Waals surface area (Å²) in [6.45, 7) is 2.07. The Labute approximate surface area is 360 Å². The van der Waals surface area contributed by atoms with Gasteiger partial charge in [0.25, 0.3) is 0 Å². The standard InChI is InChI=1S/C58H43N4/c1-36-59-54-30-29-40(32-56(54)61(36)3)45-22-14-26-49-53(45)34-52-44(39-27-28-41-35-60(2)62(4)55(41)31-39)21-13-25-48(52)58(49)57-46-23-11-19-42(37-15-7-5-8-16-37)50(46)33-51-43(20-12-24-47(51)57)38-17-9-6-10-18-38/h5-35H,1-4H3/q+1. The second kappa shape index (κ2) is 13.9. The molecule has 0 unspecified atom stereocenters. The molecule has 0 saturated carbocycles. The third kappa shape index (κ3) is 5.46. The first-order valence-corrected chi connectivity index (χ1v) is 21.4. The number of hydrogen-bond donors (Lipinski definition) is 0. The summed E-state index contributed by atoms with van der Waals surface area (Å²) in [4.78, 5) is 4.85. The van der Waals surface area contributed by atoms with Crippen LogP contribution in [0.2, 0.25) is 0 Å². The van der Waals surface area contributed by atoms with Crippen LogP contribution in [0.4, 0.5) is 0 Å². The highest BCUT2D eigenvalue weighted by Gasteiger charge is 2.23. The highest BCUT2D eigenvalue weighted by Crippen LogP contribution is 2.49.